The van der Waals surface area contributed by atoms with E-state index in [9.17, 15) is 4.79 Å². The predicted molar refractivity (Wildman–Crippen MR) is 127 cm³/mol. The van der Waals surface area contributed by atoms with E-state index >= 15 is 4.39 Å². The number of hydrogen-bond donors (Lipinski definition) is 1. The second-order valence-electron chi connectivity index (χ2n) is 6.99. The molecule has 0 spiro atoms. The summed E-state index contributed by atoms with van der Waals surface area (Å²) in [5.41, 5.74) is 1.65. The van der Waals surface area contributed by atoms with Crippen molar-refractivity contribution in [3.63, 3.8) is 0 Å². The molecule has 2 aromatic carbocycles. The van der Waals surface area contributed by atoms with Gasteiger partial charge in [-0.3, -0.25) is 0 Å². The number of methoxy groups -OCH3 is 2. The first-order valence-corrected chi connectivity index (χ1v) is 10.5. The maximum atomic E-state index is 15.0. The molecule has 8 nitrogen and oxygen atoms in total. The van der Waals surface area contributed by atoms with Crippen LogP contribution in [0.1, 0.15) is 37.0 Å². The number of halogens is 1. The first-order chi connectivity index (χ1) is 16.4. The highest BCUT2D eigenvalue weighted by Gasteiger charge is 2.24. The molecule has 0 saturated heterocycles. The zero-order valence-corrected chi connectivity index (χ0v) is 19.9. The first-order valence-electron chi connectivity index (χ1n) is 10.5. The van der Waals surface area contributed by atoms with E-state index in [0.29, 0.717) is 29.1 Å². The van der Waals surface area contributed by atoms with Crippen molar-refractivity contribution in [1.82, 2.24) is 0 Å². The van der Waals surface area contributed by atoms with Crippen LogP contribution in [0, 0.1) is 5.82 Å². The topological polar surface area (TPSA) is 102 Å². The molecule has 9 heteroatoms. The predicted octanol–water partition coefficient (Wildman–Crippen LogP) is 4.45. The largest absolute Gasteiger partial charge is 0.503 e. The normalized spacial score (nSPS) is 12.6. The minimum atomic E-state index is -0.622. The van der Waals surface area contributed by atoms with E-state index in [1.165, 1.54) is 39.7 Å². The van der Waals surface area contributed by atoms with Crippen LogP contribution in [0.15, 0.2) is 59.5 Å². The Morgan fingerprint density at radius 1 is 1.09 bits per heavy atom. The van der Waals surface area contributed by atoms with E-state index in [1.807, 2.05) is 6.92 Å². The minimum Gasteiger partial charge on any atom is -0.503 e. The van der Waals surface area contributed by atoms with Crippen molar-refractivity contribution < 1.29 is 33.1 Å². The van der Waals surface area contributed by atoms with E-state index in [4.69, 9.17) is 29.8 Å². The van der Waals surface area contributed by atoms with Crippen LogP contribution in [0.5, 0.6) is 5.75 Å². The van der Waals surface area contributed by atoms with Gasteiger partial charge in [0.1, 0.15) is 30.0 Å². The third-order valence-corrected chi connectivity index (χ3v) is 4.77. The van der Waals surface area contributed by atoms with Crippen LogP contribution in [0.2, 0.25) is 0 Å². The van der Waals surface area contributed by atoms with Gasteiger partial charge in [-0.2, -0.15) is 5.90 Å². The van der Waals surface area contributed by atoms with Gasteiger partial charge in [0.05, 0.1) is 27.1 Å². The van der Waals surface area contributed by atoms with Gasteiger partial charge in [0.25, 0.3) is 0 Å². The van der Waals surface area contributed by atoms with E-state index in [2.05, 4.69) is 5.16 Å². The van der Waals surface area contributed by atoms with Crippen LogP contribution in [0.3, 0.4) is 0 Å². The van der Waals surface area contributed by atoms with Crippen LogP contribution >= 0.6 is 0 Å². The van der Waals surface area contributed by atoms with Gasteiger partial charge in [-0.15, -0.1) is 0 Å². The molecule has 0 fully saturated rings. The number of rotatable bonds is 11. The Kier molecular flexibility index (Phi) is 10.1. The maximum Gasteiger partial charge on any atom is 0.341 e. The van der Waals surface area contributed by atoms with Crippen molar-refractivity contribution in [1.29, 1.82) is 0 Å². The summed E-state index contributed by atoms with van der Waals surface area (Å²) in [5.74, 6) is 5.00. The van der Waals surface area contributed by atoms with Gasteiger partial charge < -0.3 is 23.9 Å². The highest BCUT2D eigenvalue weighted by molar-refractivity contribution is 6.19. The number of hydrogen-bond acceptors (Lipinski definition) is 8. The zero-order valence-electron chi connectivity index (χ0n) is 19.9. The fourth-order valence-electron chi connectivity index (χ4n) is 3.24. The van der Waals surface area contributed by atoms with E-state index in [0.717, 1.165) is 6.42 Å². The first kappa shape index (κ1) is 26.4. The lowest BCUT2D eigenvalue weighted by Crippen LogP contribution is -2.14. The molecule has 0 aliphatic rings. The lowest BCUT2D eigenvalue weighted by atomic mass is 9.94. The van der Waals surface area contributed by atoms with Crippen molar-refractivity contribution in [2.45, 2.75) is 20.3 Å². The van der Waals surface area contributed by atoms with E-state index in [-0.39, 0.29) is 22.6 Å². The molecule has 0 aliphatic carbocycles. The van der Waals surface area contributed by atoms with Crippen LogP contribution < -0.4 is 10.6 Å². The molecule has 0 aromatic heterocycles. The Balaban J connectivity index is 2.69. The standard InChI is InChI=1S/C25H29FN2O6/c1-6-13-33-17-11-12-20(22(26)14-17)23(28-32-5)16(2)24(34-27)19-10-8-7-9-18(19)21(15-30-3)25(29)31-4/h7-12,14-15H,6,13,27H2,1-5H3. The average molecular weight is 473 g/mol. The Labute approximate surface area is 198 Å². The number of oxime groups is 1. The molecule has 0 aliphatic heterocycles. The summed E-state index contributed by atoms with van der Waals surface area (Å²) in [6, 6.07) is 11.3. The van der Waals surface area contributed by atoms with Crippen LogP contribution in [-0.4, -0.2) is 39.6 Å². The highest BCUT2D eigenvalue weighted by atomic mass is 19.1. The molecular weight excluding hydrogens is 443 g/mol. The molecule has 2 aromatic rings. The molecule has 0 heterocycles. The Hall–Kier alpha value is -3.85. The molecular formula is C25H29FN2O6. The lowest BCUT2D eigenvalue weighted by Gasteiger charge is -2.17. The SMILES string of the molecule is CCCOc1ccc(C(=NOC)C(C)=C(ON)c2ccccc2C(=COC)C(=O)OC)c(F)c1. The molecule has 182 valence electrons. The van der Waals surface area contributed by atoms with Crippen molar-refractivity contribution >= 4 is 23.0 Å². The van der Waals surface area contributed by atoms with Gasteiger partial charge in [-0.25, -0.2) is 9.18 Å². The molecule has 0 unspecified atom stereocenters. The quantitative estimate of drug-likeness (QED) is 0.170. The summed E-state index contributed by atoms with van der Waals surface area (Å²) in [5, 5.41) is 4.01. The van der Waals surface area contributed by atoms with Gasteiger partial charge in [0, 0.05) is 28.3 Å². The number of carbonyl (C=O) groups excluding carboxylic acids is 1. The third kappa shape index (κ3) is 6.14. The Morgan fingerprint density at radius 2 is 1.79 bits per heavy atom. The number of ether oxygens (including phenoxy) is 3. The minimum absolute atomic E-state index is 0.136. The fourth-order valence-corrected chi connectivity index (χ4v) is 3.24. The summed E-state index contributed by atoms with van der Waals surface area (Å²) in [6.45, 7) is 4.08. The van der Waals surface area contributed by atoms with Gasteiger partial charge in [0.15, 0.2) is 5.76 Å². The van der Waals surface area contributed by atoms with Crippen molar-refractivity contribution in [3.8, 4) is 5.75 Å². The van der Waals surface area contributed by atoms with Gasteiger partial charge >= 0.3 is 5.97 Å². The molecule has 2 rings (SSSR count). The smallest absolute Gasteiger partial charge is 0.341 e. The molecule has 0 saturated carbocycles. The molecule has 34 heavy (non-hydrogen) atoms. The van der Waals surface area contributed by atoms with Crippen molar-refractivity contribution in [2.75, 3.05) is 27.9 Å². The number of benzene rings is 2. The van der Waals surface area contributed by atoms with Crippen LogP contribution in [0.25, 0.3) is 11.3 Å². The van der Waals surface area contributed by atoms with Crippen LogP contribution in [-0.2, 0) is 23.9 Å². The monoisotopic (exact) mass is 472 g/mol. The van der Waals surface area contributed by atoms with Crippen molar-refractivity contribution in [3.05, 3.63) is 76.8 Å². The summed E-state index contributed by atoms with van der Waals surface area (Å²) in [4.78, 5) is 22.6. The number of allylic oxidation sites excluding steroid dienone is 1. The Bertz CT molecular complexity index is 1090. The summed E-state index contributed by atoms with van der Waals surface area (Å²) < 4.78 is 30.5. The van der Waals surface area contributed by atoms with Gasteiger partial charge in [-0.05, 0) is 25.5 Å². The molecule has 0 atom stereocenters. The van der Waals surface area contributed by atoms with Gasteiger partial charge in [-0.1, -0.05) is 36.3 Å². The summed E-state index contributed by atoms with van der Waals surface area (Å²) in [7, 11) is 4.01. The maximum absolute atomic E-state index is 15.0. The number of nitrogens with two attached hydrogens (primary N) is 1. The van der Waals surface area contributed by atoms with Gasteiger partial charge in [0.2, 0.25) is 0 Å². The van der Waals surface area contributed by atoms with E-state index in [1.54, 1.807) is 37.3 Å². The number of carbonyl (C=O) groups is 1. The highest BCUT2D eigenvalue weighted by Crippen LogP contribution is 2.31. The molecule has 0 amide bonds. The van der Waals surface area contributed by atoms with Crippen LogP contribution in [0.4, 0.5) is 4.39 Å². The zero-order chi connectivity index (χ0) is 25.1. The lowest BCUT2D eigenvalue weighted by molar-refractivity contribution is -0.133. The second-order valence-corrected chi connectivity index (χ2v) is 6.99. The Morgan fingerprint density at radius 3 is 2.35 bits per heavy atom. The number of esters is 1. The third-order valence-electron chi connectivity index (χ3n) is 4.77. The molecule has 2 N–H and O–H groups in total. The average Bonchev–Trinajstić information content (AvgIpc) is 2.85. The molecule has 0 radical (unpaired) electrons. The summed E-state index contributed by atoms with van der Waals surface area (Å²) >= 11 is 0. The fraction of sp³-hybridized carbons (Fsp3) is 0.280. The van der Waals surface area contributed by atoms with Crippen molar-refractivity contribution in [2.24, 2.45) is 11.1 Å². The second kappa shape index (κ2) is 13.0. The van der Waals surface area contributed by atoms with E-state index < -0.39 is 11.8 Å². The molecule has 0 bridgehead atoms. The summed E-state index contributed by atoms with van der Waals surface area (Å²) in [6.07, 6.45) is 2.05. The number of nitrogens with zero attached hydrogens (tertiary/aromatic N) is 1.